The van der Waals surface area contributed by atoms with E-state index in [9.17, 15) is 19.8 Å². The molecule has 0 aliphatic carbocycles. The van der Waals surface area contributed by atoms with Crippen LogP contribution in [0.4, 0.5) is 0 Å². The van der Waals surface area contributed by atoms with E-state index in [0.717, 1.165) is 44.9 Å². The van der Waals surface area contributed by atoms with Gasteiger partial charge >= 0.3 is 5.97 Å². The second-order valence-corrected chi connectivity index (χ2v) is 21.7. The van der Waals surface area contributed by atoms with Gasteiger partial charge in [0.1, 0.15) is 0 Å². The number of aliphatic hydroxyl groups excluding tert-OH is 2. The normalized spacial score (nSPS) is 12.6. The van der Waals surface area contributed by atoms with Crippen molar-refractivity contribution in [2.24, 2.45) is 0 Å². The summed E-state index contributed by atoms with van der Waals surface area (Å²) in [5.74, 6) is -0.0257. The second-order valence-electron chi connectivity index (χ2n) is 21.7. The average Bonchev–Trinajstić information content (AvgIpc) is 3.35. The number of hydrogen-bond acceptors (Lipinski definition) is 5. The Balaban J connectivity index is 3.37. The van der Waals surface area contributed by atoms with Crippen molar-refractivity contribution in [3.63, 3.8) is 0 Å². The van der Waals surface area contributed by atoms with E-state index in [2.05, 4.69) is 31.3 Å². The van der Waals surface area contributed by atoms with Crippen molar-refractivity contribution in [1.29, 1.82) is 0 Å². The monoisotopic (exact) mass is 974 g/mol. The molecule has 69 heavy (non-hydrogen) atoms. The van der Waals surface area contributed by atoms with E-state index >= 15 is 0 Å². The molecule has 0 aromatic carbocycles. The van der Waals surface area contributed by atoms with E-state index in [1.54, 1.807) is 0 Å². The number of amides is 1. The van der Waals surface area contributed by atoms with Gasteiger partial charge in [-0.15, -0.1) is 0 Å². The molecule has 0 spiro atoms. The maximum Gasteiger partial charge on any atom is 0.305 e. The molecular formula is C63H123NO5. The highest BCUT2D eigenvalue weighted by molar-refractivity contribution is 5.76. The number of aliphatic hydroxyl groups is 2. The first-order chi connectivity index (χ1) is 34.0. The molecule has 6 nitrogen and oxygen atoms in total. The minimum absolute atomic E-state index is 0.00497. The van der Waals surface area contributed by atoms with Gasteiger partial charge < -0.3 is 20.3 Å². The molecule has 410 valence electrons. The summed E-state index contributed by atoms with van der Waals surface area (Å²) in [6.45, 7) is 4.94. The fourth-order valence-corrected chi connectivity index (χ4v) is 9.98. The molecule has 3 N–H and O–H groups in total. The summed E-state index contributed by atoms with van der Waals surface area (Å²) in [6.07, 6.45) is 70.8. The SMILES string of the molecule is CCCC/C=C\CCCCCCCC(=O)OCCCCCCCCCCCCCCCCCCCCCCCCCCC(=O)NC(CO)C(O)CCCCCCCCCCCCCCCCCCC. The van der Waals surface area contributed by atoms with Crippen LogP contribution in [-0.2, 0) is 14.3 Å². The molecule has 0 aromatic rings. The highest BCUT2D eigenvalue weighted by Gasteiger charge is 2.20. The zero-order valence-corrected chi connectivity index (χ0v) is 46.8. The Bertz CT molecular complexity index is 1030. The minimum Gasteiger partial charge on any atom is -0.466 e. The van der Waals surface area contributed by atoms with Crippen molar-refractivity contribution in [2.45, 2.75) is 366 Å². The zero-order chi connectivity index (χ0) is 50.0. The molecule has 2 atom stereocenters. The van der Waals surface area contributed by atoms with Gasteiger partial charge in [-0.3, -0.25) is 9.59 Å². The van der Waals surface area contributed by atoms with Gasteiger partial charge in [0.25, 0.3) is 0 Å². The zero-order valence-electron chi connectivity index (χ0n) is 46.8. The van der Waals surface area contributed by atoms with Crippen LogP contribution < -0.4 is 5.32 Å². The van der Waals surface area contributed by atoms with Crippen LogP contribution >= 0.6 is 0 Å². The lowest BCUT2D eigenvalue weighted by Gasteiger charge is -2.22. The number of unbranched alkanes of at least 4 members (excludes halogenated alkanes) is 46. The lowest BCUT2D eigenvalue weighted by molar-refractivity contribution is -0.143. The molecule has 0 radical (unpaired) electrons. The number of allylic oxidation sites excluding steroid dienone is 2. The van der Waals surface area contributed by atoms with Crippen molar-refractivity contribution >= 4 is 11.9 Å². The Hall–Kier alpha value is -1.40. The summed E-state index contributed by atoms with van der Waals surface area (Å²) in [5, 5.41) is 23.3. The number of ether oxygens (including phenoxy) is 1. The first-order valence-corrected chi connectivity index (χ1v) is 31.4. The molecule has 0 heterocycles. The molecule has 0 fully saturated rings. The quantitative estimate of drug-likeness (QED) is 0.0321. The number of carbonyl (C=O) groups is 2. The summed E-state index contributed by atoms with van der Waals surface area (Å²) >= 11 is 0. The van der Waals surface area contributed by atoms with Crippen molar-refractivity contribution in [3.05, 3.63) is 12.2 Å². The van der Waals surface area contributed by atoms with Gasteiger partial charge in [-0.05, 0) is 44.9 Å². The first kappa shape index (κ1) is 67.6. The summed E-state index contributed by atoms with van der Waals surface area (Å²) in [4.78, 5) is 24.5. The van der Waals surface area contributed by atoms with Crippen LogP contribution in [0.3, 0.4) is 0 Å². The fourth-order valence-electron chi connectivity index (χ4n) is 9.98. The fraction of sp³-hybridized carbons (Fsp3) is 0.937. The minimum atomic E-state index is -0.663. The predicted octanol–water partition coefficient (Wildman–Crippen LogP) is 19.6. The lowest BCUT2D eigenvalue weighted by Crippen LogP contribution is -2.45. The van der Waals surface area contributed by atoms with Gasteiger partial charge in [-0.25, -0.2) is 0 Å². The van der Waals surface area contributed by atoms with Crippen molar-refractivity contribution in [1.82, 2.24) is 5.32 Å². The number of esters is 1. The van der Waals surface area contributed by atoms with Crippen molar-refractivity contribution < 1.29 is 24.5 Å². The largest absolute Gasteiger partial charge is 0.466 e. The summed E-state index contributed by atoms with van der Waals surface area (Å²) in [7, 11) is 0. The Labute approximate surface area is 431 Å². The van der Waals surface area contributed by atoms with Crippen LogP contribution in [0.1, 0.15) is 354 Å². The van der Waals surface area contributed by atoms with E-state index in [-0.39, 0.29) is 18.5 Å². The van der Waals surface area contributed by atoms with E-state index in [0.29, 0.717) is 25.9 Å². The molecule has 0 saturated carbocycles. The molecule has 2 unspecified atom stereocenters. The maximum absolute atomic E-state index is 12.5. The van der Waals surface area contributed by atoms with Gasteiger partial charge in [0, 0.05) is 12.8 Å². The smallest absolute Gasteiger partial charge is 0.305 e. The standard InChI is InChI=1S/C63H123NO5/c1-3-5-7-9-11-13-15-16-17-26-29-32-36-39-43-47-51-55-61(66)60(59-65)64-62(67)56-52-48-44-40-37-33-30-27-24-22-20-18-19-21-23-25-28-31-34-38-42-46-50-54-58-69-63(68)57-53-49-45-41-35-14-12-10-8-6-4-2/h10,12,60-61,65-66H,3-9,11,13-59H2,1-2H3,(H,64,67)/b12-10-. The molecule has 1 amide bonds. The number of hydrogen-bond donors (Lipinski definition) is 3. The first-order valence-electron chi connectivity index (χ1n) is 31.4. The van der Waals surface area contributed by atoms with E-state index in [1.165, 1.54) is 276 Å². The molecule has 0 rings (SSSR count). The van der Waals surface area contributed by atoms with E-state index < -0.39 is 12.1 Å². The molecule has 0 saturated heterocycles. The Morgan fingerprint density at radius 1 is 0.391 bits per heavy atom. The van der Waals surface area contributed by atoms with Crippen LogP contribution in [0.5, 0.6) is 0 Å². The Morgan fingerprint density at radius 2 is 0.696 bits per heavy atom. The van der Waals surface area contributed by atoms with Gasteiger partial charge in [0.2, 0.25) is 5.91 Å². The summed E-state index contributed by atoms with van der Waals surface area (Å²) < 4.78 is 5.46. The van der Waals surface area contributed by atoms with Crippen LogP contribution in [0, 0.1) is 0 Å². The topological polar surface area (TPSA) is 95.9 Å². The number of carbonyl (C=O) groups excluding carboxylic acids is 2. The number of rotatable bonds is 59. The van der Waals surface area contributed by atoms with Crippen LogP contribution in [0.2, 0.25) is 0 Å². The van der Waals surface area contributed by atoms with Crippen LogP contribution in [-0.4, -0.2) is 47.4 Å². The highest BCUT2D eigenvalue weighted by atomic mass is 16.5. The maximum atomic E-state index is 12.5. The van der Waals surface area contributed by atoms with Crippen molar-refractivity contribution in [3.8, 4) is 0 Å². The molecule has 0 aliphatic heterocycles. The second kappa shape index (κ2) is 59.2. The van der Waals surface area contributed by atoms with E-state index in [1.807, 2.05) is 0 Å². The Morgan fingerprint density at radius 3 is 1.07 bits per heavy atom. The van der Waals surface area contributed by atoms with Gasteiger partial charge in [0.05, 0.1) is 25.4 Å². The van der Waals surface area contributed by atoms with Gasteiger partial charge in [-0.2, -0.15) is 0 Å². The molecule has 0 aromatic heterocycles. The molecular weight excluding hydrogens is 851 g/mol. The predicted molar refractivity (Wildman–Crippen MR) is 301 cm³/mol. The number of nitrogens with one attached hydrogen (secondary N) is 1. The molecule has 6 heteroatoms. The molecule has 0 bridgehead atoms. The third kappa shape index (κ3) is 55.8. The summed E-state index contributed by atoms with van der Waals surface area (Å²) in [6, 6.07) is -0.540. The lowest BCUT2D eigenvalue weighted by atomic mass is 10.0. The highest BCUT2D eigenvalue weighted by Crippen LogP contribution is 2.18. The third-order valence-electron chi connectivity index (χ3n) is 14.8. The summed E-state index contributed by atoms with van der Waals surface area (Å²) in [5.41, 5.74) is 0. The van der Waals surface area contributed by atoms with E-state index in [4.69, 9.17) is 4.74 Å². The van der Waals surface area contributed by atoms with Gasteiger partial charge in [0.15, 0.2) is 0 Å². The average molecular weight is 975 g/mol. The van der Waals surface area contributed by atoms with Crippen LogP contribution in [0.15, 0.2) is 12.2 Å². The third-order valence-corrected chi connectivity index (χ3v) is 14.8. The van der Waals surface area contributed by atoms with Crippen LogP contribution in [0.25, 0.3) is 0 Å². The van der Waals surface area contributed by atoms with Crippen molar-refractivity contribution in [2.75, 3.05) is 13.2 Å². The Kier molecular flexibility index (Phi) is 58.0. The van der Waals surface area contributed by atoms with Gasteiger partial charge in [-0.1, -0.05) is 309 Å². The molecule has 0 aliphatic rings.